The predicted octanol–water partition coefficient (Wildman–Crippen LogP) is 4.16. The number of allylic oxidation sites excluding steroid dienone is 1. The first kappa shape index (κ1) is 16.1. The van der Waals surface area contributed by atoms with Crippen molar-refractivity contribution in [2.75, 3.05) is 0 Å². The molecule has 2 N–H and O–H groups in total. The van der Waals surface area contributed by atoms with Crippen molar-refractivity contribution in [2.45, 2.75) is 77.4 Å². The van der Waals surface area contributed by atoms with Crippen molar-refractivity contribution < 1.29 is 10.2 Å². The Morgan fingerprint density at radius 3 is 2.48 bits per heavy atom. The van der Waals surface area contributed by atoms with Crippen molar-refractivity contribution in [3.8, 4) is 0 Å². The van der Waals surface area contributed by atoms with Gasteiger partial charge in [-0.25, -0.2) is 0 Å². The molecule has 0 amide bonds. The molecule has 130 valence electrons. The average Bonchev–Trinajstić information content (AvgIpc) is 2.87. The molecule has 9 atom stereocenters. The fourth-order valence-electron chi connectivity index (χ4n) is 7.63. The van der Waals surface area contributed by atoms with Crippen LogP contribution in [0.2, 0.25) is 0 Å². The third kappa shape index (κ3) is 2.07. The van der Waals surface area contributed by atoms with E-state index in [1.807, 2.05) is 0 Å². The summed E-state index contributed by atoms with van der Waals surface area (Å²) in [6.07, 6.45) is 11.0. The van der Waals surface area contributed by atoms with E-state index < -0.39 is 0 Å². The Morgan fingerprint density at radius 2 is 1.74 bits per heavy atom. The second kappa shape index (κ2) is 5.33. The first-order valence-electron chi connectivity index (χ1n) is 9.90. The van der Waals surface area contributed by atoms with Crippen molar-refractivity contribution in [2.24, 2.45) is 40.4 Å². The molecule has 4 rings (SSSR count). The first-order chi connectivity index (χ1) is 10.9. The molecule has 0 bridgehead atoms. The fourth-order valence-corrected chi connectivity index (χ4v) is 7.63. The van der Waals surface area contributed by atoms with E-state index in [1.165, 1.54) is 25.7 Å². The Bertz CT molecular complexity index is 488. The van der Waals surface area contributed by atoms with Gasteiger partial charge in [-0.1, -0.05) is 19.9 Å². The van der Waals surface area contributed by atoms with Crippen LogP contribution in [-0.4, -0.2) is 22.4 Å². The van der Waals surface area contributed by atoms with Crippen LogP contribution in [0.15, 0.2) is 12.7 Å². The Kier molecular flexibility index (Phi) is 3.74. The summed E-state index contributed by atoms with van der Waals surface area (Å²) in [7, 11) is 0. The standard InChI is InChI=1S/C21H34O2/c1-4-13-6-8-17-16-7-5-14-11-15(22)9-10-20(14,2)18(16)12-19(23)21(13,17)3/h4,13-19,22-23H,1,5-12H2,2-3H3/t13-,14?,15+,16-,17-,18-,19-,20-,21+/m0/s1. The number of hydrogen-bond donors (Lipinski definition) is 2. The summed E-state index contributed by atoms with van der Waals surface area (Å²) in [4.78, 5) is 0. The molecule has 0 heterocycles. The predicted molar refractivity (Wildman–Crippen MR) is 92.8 cm³/mol. The lowest BCUT2D eigenvalue weighted by molar-refractivity contribution is -0.167. The third-order valence-electron chi connectivity index (χ3n) is 9.10. The molecule has 4 aliphatic rings. The Morgan fingerprint density at radius 1 is 0.957 bits per heavy atom. The van der Waals surface area contributed by atoms with Crippen LogP contribution in [0.3, 0.4) is 0 Å². The minimum absolute atomic E-state index is 0.0558. The van der Waals surface area contributed by atoms with E-state index in [4.69, 9.17) is 0 Å². The zero-order chi connectivity index (χ0) is 16.4. The van der Waals surface area contributed by atoms with Crippen LogP contribution in [0.25, 0.3) is 0 Å². The van der Waals surface area contributed by atoms with Crippen molar-refractivity contribution in [1.29, 1.82) is 0 Å². The molecule has 0 aliphatic heterocycles. The van der Waals surface area contributed by atoms with E-state index in [9.17, 15) is 10.2 Å². The second-order valence-electron chi connectivity index (χ2n) is 9.62. The smallest absolute Gasteiger partial charge is 0.0605 e. The summed E-state index contributed by atoms with van der Waals surface area (Å²) in [6.45, 7) is 8.89. The lowest BCUT2D eigenvalue weighted by Crippen LogP contribution is -2.58. The van der Waals surface area contributed by atoms with Gasteiger partial charge in [0.05, 0.1) is 12.2 Å². The highest BCUT2D eigenvalue weighted by atomic mass is 16.3. The molecule has 0 aromatic carbocycles. The van der Waals surface area contributed by atoms with Crippen LogP contribution >= 0.6 is 0 Å². The molecule has 0 saturated heterocycles. The molecule has 0 aromatic rings. The summed E-state index contributed by atoms with van der Waals surface area (Å²) in [5, 5.41) is 21.2. The third-order valence-corrected chi connectivity index (χ3v) is 9.10. The van der Waals surface area contributed by atoms with Gasteiger partial charge in [0.2, 0.25) is 0 Å². The normalized spacial score (nSPS) is 58.9. The molecule has 23 heavy (non-hydrogen) atoms. The Labute approximate surface area is 141 Å². The van der Waals surface area contributed by atoms with Gasteiger partial charge in [-0.15, -0.1) is 6.58 Å². The van der Waals surface area contributed by atoms with Crippen LogP contribution in [0.1, 0.15) is 65.2 Å². The Balaban J connectivity index is 1.66. The molecule has 2 heteroatoms. The van der Waals surface area contributed by atoms with Crippen molar-refractivity contribution >= 4 is 0 Å². The maximum Gasteiger partial charge on any atom is 0.0605 e. The lowest BCUT2D eigenvalue weighted by Gasteiger charge is -2.62. The van der Waals surface area contributed by atoms with Gasteiger partial charge in [0, 0.05) is 5.41 Å². The van der Waals surface area contributed by atoms with Crippen LogP contribution in [-0.2, 0) is 0 Å². The van der Waals surface area contributed by atoms with Crippen molar-refractivity contribution in [3.63, 3.8) is 0 Å². The molecule has 4 saturated carbocycles. The molecule has 4 aliphatic carbocycles. The van der Waals surface area contributed by atoms with Crippen LogP contribution in [0.5, 0.6) is 0 Å². The largest absolute Gasteiger partial charge is 0.393 e. The second-order valence-corrected chi connectivity index (χ2v) is 9.62. The van der Waals surface area contributed by atoms with Crippen LogP contribution in [0, 0.1) is 40.4 Å². The van der Waals surface area contributed by atoms with Gasteiger partial charge in [0.25, 0.3) is 0 Å². The van der Waals surface area contributed by atoms with Gasteiger partial charge in [0.1, 0.15) is 0 Å². The maximum absolute atomic E-state index is 11.1. The van der Waals surface area contributed by atoms with Gasteiger partial charge in [-0.2, -0.15) is 0 Å². The zero-order valence-electron chi connectivity index (χ0n) is 14.9. The summed E-state index contributed by atoms with van der Waals surface area (Å²) in [5.74, 6) is 3.27. The minimum atomic E-state index is -0.179. The first-order valence-corrected chi connectivity index (χ1v) is 9.90. The van der Waals surface area contributed by atoms with Gasteiger partial charge >= 0.3 is 0 Å². The van der Waals surface area contributed by atoms with Crippen molar-refractivity contribution in [1.82, 2.24) is 0 Å². The topological polar surface area (TPSA) is 40.5 Å². The highest BCUT2D eigenvalue weighted by molar-refractivity contribution is 5.14. The van der Waals surface area contributed by atoms with Crippen LogP contribution in [0.4, 0.5) is 0 Å². The SMILES string of the molecule is C=C[C@H]1CC[C@H]2[C@@H]3CCC4C[C@H](O)CC[C@]4(C)[C@H]3C[C@H](O)[C@]12C. The quantitative estimate of drug-likeness (QED) is 0.713. The van der Waals surface area contributed by atoms with Gasteiger partial charge < -0.3 is 10.2 Å². The maximum atomic E-state index is 11.1. The zero-order valence-corrected chi connectivity index (χ0v) is 14.9. The number of fused-ring (bicyclic) bond motifs is 5. The molecular formula is C21H34O2. The van der Waals surface area contributed by atoms with E-state index in [0.29, 0.717) is 29.1 Å². The molecule has 2 nitrogen and oxygen atoms in total. The molecule has 0 aromatic heterocycles. The van der Waals surface area contributed by atoms with E-state index in [-0.39, 0.29) is 17.6 Å². The highest BCUT2D eigenvalue weighted by Crippen LogP contribution is 2.67. The fraction of sp³-hybridized carbons (Fsp3) is 0.905. The summed E-state index contributed by atoms with van der Waals surface area (Å²) >= 11 is 0. The minimum Gasteiger partial charge on any atom is -0.393 e. The Hall–Kier alpha value is -0.340. The number of aliphatic hydroxyl groups is 2. The van der Waals surface area contributed by atoms with Crippen molar-refractivity contribution in [3.05, 3.63) is 12.7 Å². The monoisotopic (exact) mass is 318 g/mol. The van der Waals surface area contributed by atoms with E-state index in [0.717, 1.165) is 31.6 Å². The average molecular weight is 319 g/mol. The van der Waals surface area contributed by atoms with E-state index in [1.54, 1.807) is 0 Å². The summed E-state index contributed by atoms with van der Waals surface area (Å²) < 4.78 is 0. The van der Waals surface area contributed by atoms with E-state index in [2.05, 4.69) is 26.5 Å². The van der Waals surface area contributed by atoms with Gasteiger partial charge in [-0.05, 0) is 86.4 Å². The summed E-state index contributed by atoms with van der Waals surface area (Å²) in [5.41, 5.74) is 0.400. The van der Waals surface area contributed by atoms with Gasteiger partial charge in [0.15, 0.2) is 0 Å². The molecule has 0 spiro atoms. The number of aliphatic hydroxyl groups excluding tert-OH is 2. The van der Waals surface area contributed by atoms with Gasteiger partial charge in [-0.3, -0.25) is 0 Å². The summed E-state index contributed by atoms with van der Waals surface area (Å²) in [6, 6.07) is 0. The molecule has 4 fully saturated rings. The van der Waals surface area contributed by atoms with Crippen LogP contribution < -0.4 is 0 Å². The number of rotatable bonds is 1. The molecule has 1 unspecified atom stereocenters. The molecule has 0 radical (unpaired) electrons. The lowest BCUT2D eigenvalue weighted by atomic mass is 9.44. The highest BCUT2D eigenvalue weighted by Gasteiger charge is 2.62. The number of hydrogen-bond acceptors (Lipinski definition) is 2. The molecular weight excluding hydrogens is 284 g/mol. The van der Waals surface area contributed by atoms with E-state index >= 15 is 0 Å².